The Labute approximate surface area is 185 Å². The molecule has 1 atom stereocenters. The lowest BCUT2D eigenvalue weighted by atomic mass is 10.0. The minimum atomic E-state index is 0.188. The van der Waals surface area contributed by atoms with E-state index < -0.39 is 0 Å². The average Bonchev–Trinajstić information content (AvgIpc) is 3.25. The van der Waals surface area contributed by atoms with Gasteiger partial charge in [-0.3, -0.25) is 4.90 Å². The fourth-order valence-corrected chi connectivity index (χ4v) is 4.01. The van der Waals surface area contributed by atoms with Crippen molar-refractivity contribution >= 4 is 23.1 Å². The number of anilines is 1. The van der Waals surface area contributed by atoms with E-state index in [9.17, 15) is 0 Å². The van der Waals surface area contributed by atoms with Crippen LogP contribution in [-0.2, 0) is 4.74 Å². The van der Waals surface area contributed by atoms with E-state index in [1.165, 1.54) is 5.56 Å². The number of morpholine rings is 1. The van der Waals surface area contributed by atoms with Crippen molar-refractivity contribution in [3.8, 4) is 11.4 Å². The van der Waals surface area contributed by atoms with E-state index in [4.69, 9.17) is 21.4 Å². The third-order valence-electron chi connectivity index (χ3n) is 5.51. The van der Waals surface area contributed by atoms with Gasteiger partial charge in [0.2, 0.25) is 0 Å². The van der Waals surface area contributed by atoms with Gasteiger partial charge in [0, 0.05) is 30.2 Å². The fraction of sp³-hybridized carbons (Fsp3) is 0.261. The van der Waals surface area contributed by atoms with Crippen LogP contribution in [0.15, 0.2) is 66.7 Å². The molecule has 4 aromatic rings. The Morgan fingerprint density at radius 3 is 2.48 bits per heavy atom. The molecule has 1 N–H and O–H groups in total. The zero-order valence-electron chi connectivity index (χ0n) is 17.0. The molecule has 1 unspecified atom stereocenters. The molecule has 1 saturated heterocycles. The minimum Gasteiger partial charge on any atom is -0.379 e. The molecule has 7 nitrogen and oxygen atoms in total. The maximum Gasteiger partial charge on any atom is 0.185 e. The van der Waals surface area contributed by atoms with Crippen LogP contribution in [-0.4, -0.2) is 57.6 Å². The molecule has 3 heterocycles. The summed E-state index contributed by atoms with van der Waals surface area (Å²) in [5, 5.41) is 17.6. The summed E-state index contributed by atoms with van der Waals surface area (Å²) in [5.41, 5.74) is 2.91. The Bertz CT molecular complexity index is 1140. The van der Waals surface area contributed by atoms with Crippen molar-refractivity contribution in [2.24, 2.45) is 0 Å². The molecule has 8 heteroatoms. The number of fused-ring (bicyclic) bond motifs is 1. The van der Waals surface area contributed by atoms with E-state index >= 15 is 0 Å². The van der Waals surface area contributed by atoms with E-state index in [0.29, 0.717) is 12.2 Å². The van der Waals surface area contributed by atoms with Crippen LogP contribution in [0.3, 0.4) is 0 Å². The van der Waals surface area contributed by atoms with Gasteiger partial charge in [-0.15, -0.1) is 15.3 Å². The molecule has 2 aromatic carbocycles. The highest BCUT2D eigenvalue weighted by molar-refractivity contribution is 6.30. The van der Waals surface area contributed by atoms with Gasteiger partial charge < -0.3 is 10.1 Å². The molecular weight excluding hydrogens is 412 g/mol. The smallest absolute Gasteiger partial charge is 0.185 e. The molecule has 0 amide bonds. The highest BCUT2D eigenvalue weighted by atomic mass is 35.5. The van der Waals surface area contributed by atoms with Crippen LogP contribution < -0.4 is 5.32 Å². The monoisotopic (exact) mass is 434 g/mol. The van der Waals surface area contributed by atoms with Crippen LogP contribution in [0.25, 0.3) is 17.0 Å². The lowest BCUT2D eigenvalue weighted by Crippen LogP contribution is -2.41. The van der Waals surface area contributed by atoms with Gasteiger partial charge in [0.25, 0.3) is 0 Å². The topological polar surface area (TPSA) is 67.6 Å². The van der Waals surface area contributed by atoms with Crippen molar-refractivity contribution < 1.29 is 4.74 Å². The number of ether oxygens (including phenoxy) is 1. The molecule has 31 heavy (non-hydrogen) atoms. The molecule has 0 spiro atoms. The average molecular weight is 435 g/mol. The van der Waals surface area contributed by atoms with Crippen molar-refractivity contribution in [1.82, 2.24) is 24.7 Å². The second kappa shape index (κ2) is 9.01. The van der Waals surface area contributed by atoms with Gasteiger partial charge in [-0.25, -0.2) is 0 Å². The highest BCUT2D eigenvalue weighted by Gasteiger charge is 2.23. The number of rotatable bonds is 6. The van der Waals surface area contributed by atoms with E-state index in [2.05, 4.69) is 32.5 Å². The van der Waals surface area contributed by atoms with E-state index in [-0.39, 0.29) is 6.04 Å². The number of hydrogen-bond acceptors (Lipinski definition) is 6. The second-order valence-electron chi connectivity index (χ2n) is 7.47. The number of aromatic nitrogens is 4. The van der Waals surface area contributed by atoms with Gasteiger partial charge in [-0.05, 0) is 29.8 Å². The number of hydrogen-bond donors (Lipinski definition) is 1. The maximum atomic E-state index is 6.11. The maximum absolute atomic E-state index is 6.11. The summed E-state index contributed by atoms with van der Waals surface area (Å²) < 4.78 is 7.33. The van der Waals surface area contributed by atoms with E-state index in [1.54, 1.807) is 4.52 Å². The van der Waals surface area contributed by atoms with Crippen LogP contribution in [0.4, 0.5) is 5.82 Å². The third kappa shape index (κ3) is 4.39. The second-order valence-corrected chi connectivity index (χ2v) is 7.91. The van der Waals surface area contributed by atoms with Gasteiger partial charge in [-0.1, -0.05) is 54.1 Å². The van der Waals surface area contributed by atoms with Crippen molar-refractivity contribution in [1.29, 1.82) is 0 Å². The summed E-state index contributed by atoms with van der Waals surface area (Å²) in [6.45, 7) is 3.99. The first kappa shape index (κ1) is 19.9. The van der Waals surface area contributed by atoms with Crippen LogP contribution >= 0.6 is 11.6 Å². The third-order valence-corrected chi connectivity index (χ3v) is 5.76. The summed E-state index contributed by atoms with van der Waals surface area (Å²) in [5.74, 6) is 1.50. The molecule has 5 rings (SSSR count). The number of halogens is 1. The Morgan fingerprint density at radius 2 is 1.71 bits per heavy atom. The summed E-state index contributed by atoms with van der Waals surface area (Å²) in [6, 6.07) is 22.1. The lowest BCUT2D eigenvalue weighted by molar-refractivity contribution is 0.0187. The van der Waals surface area contributed by atoms with Gasteiger partial charge in [-0.2, -0.15) is 4.52 Å². The highest BCUT2D eigenvalue weighted by Crippen LogP contribution is 2.24. The Morgan fingerprint density at radius 1 is 0.935 bits per heavy atom. The standard InChI is InChI=1S/C23H23ClN6O/c24-19-8-6-17(7-9-19)20(29-12-14-31-15-13-29)16-25-21-10-11-22-26-27-23(30(22)28-21)18-4-2-1-3-5-18/h1-11,20H,12-16H2,(H,25,28). The van der Waals surface area contributed by atoms with Gasteiger partial charge in [0.05, 0.1) is 19.3 Å². The lowest BCUT2D eigenvalue weighted by Gasteiger charge is -2.35. The molecule has 1 aliphatic heterocycles. The fourth-order valence-electron chi connectivity index (χ4n) is 3.88. The molecule has 1 aliphatic rings. The molecule has 2 aromatic heterocycles. The van der Waals surface area contributed by atoms with Crippen molar-refractivity contribution in [2.75, 3.05) is 38.2 Å². The molecule has 0 radical (unpaired) electrons. The Balaban J connectivity index is 1.40. The van der Waals surface area contributed by atoms with Crippen LogP contribution in [0.5, 0.6) is 0 Å². The summed E-state index contributed by atoms with van der Waals surface area (Å²) in [4.78, 5) is 2.44. The van der Waals surface area contributed by atoms with Gasteiger partial charge >= 0.3 is 0 Å². The van der Waals surface area contributed by atoms with E-state index in [1.807, 2.05) is 54.6 Å². The molecule has 158 valence electrons. The Hall–Kier alpha value is -3.00. The van der Waals surface area contributed by atoms with Crippen LogP contribution in [0.1, 0.15) is 11.6 Å². The largest absolute Gasteiger partial charge is 0.379 e. The SMILES string of the molecule is Clc1ccc(C(CNc2ccc3nnc(-c4ccccc4)n3n2)N2CCOCC2)cc1. The number of nitrogens with zero attached hydrogens (tertiary/aromatic N) is 5. The molecule has 1 fully saturated rings. The zero-order valence-corrected chi connectivity index (χ0v) is 17.7. The summed E-state index contributed by atoms with van der Waals surface area (Å²) in [7, 11) is 0. The van der Waals surface area contributed by atoms with Crippen LogP contribution in [0.2, 0.25) is 5.02 Å². The Kier molecular flexibility index (Phi) is 5.80. The van der Waals surface area contributed by atoms with Gasteiger partial charge in [0.1, 0.15) is 5.82 Å². The quantitative estimate of drug-likeness (QED) is 0.496. The minimum absolute atomic E-state index is 0.188. The molecule has 0 bridgehead atoms. The molecule has 0 saturated carbocycles. The van der Waals surface area contributed by atoms with Crippen LogP contribution in [0, 0.1) is 0 Å². The predicted octanol–water partition coefficient (Wildman–Crippen LogP) is 3.93. The predicted molar refractivity (Wildman–Crippen MR) is 121 cm³/mol. The normalized spacial score (nSPS) is 15.8. The first-order valence-electron chi connectivity index (χ1n) is 10.4. The molecule has 0 aliphatic carbocycles. The van der Waals surface area contributed by atoms with Gasteiger partial charge in [0.15, 0.2) is 11.5 Å². The molecular formula is C23H23ClN6O. The zero-order chi connectivity index (χ0) is 21.0. The van der Waals surface area contributed by atoms with Crippen molar-refractivity contribution in [3.63, 3.8) is 0 Å². The summed E-state index contributed by atoms with van der Waals surface area (Å²) >= 11 is 6.11. The summed E-state index contributed by atoms with van der Waals surface area (Å²) in [6.07, 6.45) is 0. The first-order chi connectivity index (χ1) is 15.3. The van der Waals surface area contributed by atoms with E-state index in [0.717, 1.165) is 48.5 Å². The number of nitrogens with one attached hydrogen (secondary N) is 1. The van der Waals surface area contributed by atoms with Crippen molar-refractivity contribution in [3.05, 3.63) is 77.3 Å². The first-order valence-corrected chi connectivity index (χ1v) is 10.7. The van der Waals surface area contributed by atoms with Crippen molar-refractivity contribution in [2.45, 2.75) is 6.04 Å². The number of benzene rings is 2.